The van der Waals surface area contributed by atoms with E-state index in [0.29, 0.717) is 4.99 Å². The highest BCUT2D eigenvalue weighted by atomic mass is 32.2. The van der Waals surface area contributed by atoms with Crippen molar-refractivity contribution in [2.45, 2.75) is 11.9 Å². The fourth-order valence-electron chi connectivity index (χ4n) is 1.35. The van der Waals surface area contributed by atoms with Gasteiger partial charge >= 0.3 is 0 Å². The third-order valence-electron chi connectivity index (χ3n) is 2.47. The van der Waals surface area contributed by atoms with Crippen LogP contribution in [-0.4, -0.2) is 41.1 Å². The molecule has 0 aliphatic carbocycles. The van der Waals surface area contributed by atoms with E-state index in [1.165, 1.54) is 28.3 Å². The molecule has 0 bridgehead atoms. The smallest absolute Gasteiger partial charge is 0.259 e. The average molecular weight is 276 g/mol. The average Bonchev–Trinajstić information content (AvgIpc) is 2.64. The maximum atomic E-state index is 12.2. The second-order valence-corrected chi connectivity index (χ2v) is 6.35. The number of thiocarbonyl (C=S) groups is 1. The predicted molar refractivity (Wildman–Crippen MR) is 69.0 cm³/mol. The Morgan fingerprint density at radius 2 is 2.29 bits per heavy atom. The second-order valence-electron chi connectivity index (χ2n) is 3.88. The molecule has 1 unspecified atom stereocenters. The first-order chi connectivity index (χ1) is 7.76. The van der Waals surface area contributed by atoms with E-state index in [4.69, 9.17) is 18.0 Å². The van der Waals surface area contributed by atoms with Crippen LogP contribution in [-0.2, 0) is 17.1 Å². The van der Waals surface area contributed by atoms with Gasteiger partial charge in [-0.3, -0.25) is 4.68 Å². The van der Waals surface area contributed by atoms with Crippen LogP contribution in [0.15, 0.2) is 17.3 Å². The zero-order chi connectivity index (χ0) is 13.2. The van der Waals surface area contributed by atoms with Crippen molar-refractivity contribution in [3.8, 4) is 0 Å². The number of aromatic nitrogens is 2. The van der Waals surface area contributed by atoms with E-state index in [1.807, 2.05) is 0 Å². The van der Waals surface area contributed by atoms with Gasteiger partial charge in [-0.15, -0.1) is 0 Å². The predicted octanol–water partition coefficient (Wildman–Crippen LogP) is -0.0372. The van der Waals surface area contributed by atoms with Crippen LogP contribution >= 0.6 is 12.2 Å². The molecule has 1 aromatic heterocycles. The number of sulfonamides is 1. The lowest BCUT2D eigenvalue weighted by atomic mass is 10.2. The quantitative estimate of drug-likeness (QED) is 0.763. The normalized spacial score (nSPS) is 13.9. The Labute approximate surface area is 106 Å². The molecule has 8 heteroatoms. The highest BCUT2D eigenvalue weighted by molar-refractivity contribution is 7.89. The molecule has 0 fully saturated rings. The molecule has 1 heterocycles. The van der Waals surface area contributed by atoms with Crippen LogP contribution < -0.4 is 5.73 Å². The summed E-state index contributed by atoms with van der Waals surface area (Å²) in [5, 5.41) is 3.99. The molecule has 17 heavy (non-hydrogen) atoms. The van der Waals surface area contributed by atoms with Gasteiger partial charge in [0, 0.05) is 26.6 Å². The van der Waals surface area contributed by atoms with Crippen molar-refractivity contribution in [1.29, 1.82) is 0 Å². The minimum Gasteiger partial charge on any atom is -0.393 e. The monoisotopic (exact) mass is 276 g/mol. The third kappa shape index (κ3) is 3.02. The largest absolute Gasteiger partial charge is 0.393 e. The molecule has 0 radical (unpaired) electrons. The minimum atomic E-state index is -3.54. The number of hydrogen-bond acceptors (Lipinski definition) is 4. The lowest BCUT2D eigenvalue weighted by Crippen LogP contribution is -2.36. The Morgan fingerprint density at radius 1 is 1.71 bits per heavy atom. The van der Waals surface area contributed by atoms with Crippen LogP contribution in [0.25, 0.3) is 0 Å². The van der Waals surface area contributed by atoms with Gasteiger partial charge in [0.05, 0.1) is 11.2 Å². The molecule has 1 aromatic rings. The van der Waals surface area contributed by atoms with Gasteiger partial charge in [-0.2, -0.15) is 9.40 Å². The summed E-state index contributed by atoms with van der Waals surface area (Å²) in [4.78, 5) is 0.303. The van der Waals surface area contributed by atoms with Gasteiger partial charge in [0.1, 0.15) is 0 Å². The van der Waals surface area contributed by atoms with E-state index in [0.717, 1.165) is 0 Å². The SMILES string of the molecule is CC(CN(C)S(=O)(=O)c1ccnn1C)C(N)=S. The summed E-state index contributed by atoms with van der Waals surface area (Å²) in [5.41, 5.74) is 5.47. The number of aryl methyl sites for hydroxylation is 1. The molecule has 0 aliphatic rings. The van der Waals surface area contributed by atoms with Crippen LogP contribution in [0.3, 0.4) is 0 Å². The highest BCUT2D eigenvalue weighted by Crippen LogP contribution is 2.14. The molecule has 0 saturated carbocycles. The van der Waals surface area contributed by atoms with Crippen LogP contribution in [0, 0.1) is 5.92 Å². The molecule has 0 aliphatic heterocycles. The first-order valence-corrected chi connectivity index (χ1v) is 6.85. The first-order valence-electron chi connectivity index (χ1n) is 5.00. The Kier molecular flexibility index (Phi) is 4.23. The minimum absolute atomic E-state index is 0.148. The fraction of sp³-hybridized carbons (Fsp3) is 0.556. The van der Waals surface area contributed by atoms with Gasteiger partial charge in [0.25, 0.3) is 10.0 Å². The third-order valence-corrected chi connectivity index (χ3v) is 4.77. The molecule has 0 saturated heterocycles. The maximum absolute atomic E-state index is 12.2. The summed E-state index contributed by atoms with van der Waals surface area (Å²) in [6.45, 7) is 2.04. The molecule has 0 aromatic carbocycles. The van der Waals surface area contributed by atoms with E-state index in [9.17, 15) is 8.42 Å². The zero-order valence-electron chi connectivity index (χ0n) is 9.99. The van der Waals surface area contributed by atoms with Crippen LogP contribution in [0.2, 0.25) is 0 Å². The van der Waals surface area contributed by atoms with Gasteiger partial charge in [-0.1, -0.05) is 19.1 Å². The molecule has 1 atom stereocenters. The number of hydrogen-bond donors (Lipinski definition) is 1. The summed E-state index contributed by atoms with van der Waals surface area (Å²) in [7, 11) is -0.458. The maximum Gasteiger partial charge on any atom is 0.259 e. The summed E-state index contributed by atoms with van der Waals surface area (Å²) in [5.74, 6) is -0.169. The van der Waals surface area contributed by atoms with Crippen LogP contribution in [0.5, 0.6) is 0 Å². The first kappa shape index (κ1) is 14.1. The Bertz CT molecular complexity index is 509. The molecule has 96 valence electrons. The number of nitrogens with two attached hydrogens (primary N) is 1. The summed E-state index contributed by atoms with van der Waals surface area (Å²) >= 11 is 4.82. The van der Waals surface area contributed by atoms with Crippen LogP contribution in [0.1, 0.15) is 6.92 Å². The van der Waals surface area contributed by atoms with E-state index in [-0.39, 0.29) is 17.5 Å². The second kappa shape index (κ2) is 5.11. The Balaban J connectivity index is 2.93. The summed E-state index contributed by atoms with van der Waals surface area (Å²) < 4.78 is 26.9. The molecular formula is C9H16N4O2S2. The Morgan fingerprint density at radius 3 is 2.71 bits per heavy atom. The molecule has 0 spiro atoms. The van der Waals surface area contributed by atoms with Crippen molar-refractivity contribution in [3.05, 3.63) is 12.3 Å². The van der Waals surface area contributed by atoms with Crippen molar-refractivity contribution < 1.29 is 8.42 Å². The summed E-state index contributed by atoms with van der Waals surface area (Å²) in [6.07, 6.45) is 1.44. The molecule has 1 rings (SSSR count). The highest BCUT2D eigenvalue weighted by Gasteiger charge is 2.25. The molecule has 6 nitrogen and oxygen atoms in total. The topological polar surface area (TPSA) is 81.2 Å². The Hall–Kier alpha value is -0.990. The zero-order valence-corrected chi connectivity index (χ0v) is 11.6. The van der Waals surface area contributed by atoms with Crippen molar-refractivity contribution in [1.82, 2.24) is 14.1 Å². The fourth-order valence-corrected chi connectivity index (χ4v) is 2.78. The number of nitrogens with zero attached hydrogens (tertiary/aromatic N) is 3. The van der Waals surface area contributed by atoms with Gasteiger partial charge < -0.3 is 5.73 Å². The van der Waals surface area contributed by atoms with Crippen molar-refractivity contribution >= 4 is 27.2 Å². The summed E-state index contributed by atoms with van der Waals surface area (Å²) in [6, 6.07) is 1.46. The molecule has 0 amide bonds. The standard InChI is InChI=1S/C9H16N4O2S2/c1-7(9(10)16)6-12(2)17(14,15)8-4-5-11-13(8)3/h4-5,7H,6H2,1-3H3,(H2,10,16). The van der Waals surface area contributed by atoms with Gasteiger partial charge in [0.15, 0.2) is 5.03 Å². The van der Waals surface area contributed by atoms with Gasteiger partial charge in [-0.25, -0.2) is 8.42 Å². The molecule has 2 N–H and O–H groups in total. The van der Waals surface area contributed by atoms with E-state index < -0.39 is 10.0 Å². The van der Waals surface area contributed by atoms with E-state index >= 15 is 0 Å². The number of rotatable bonds is 5. The van der Waals surface area contributed by atoms with Gasteiger partial charge in [-0.05, 0) is 6.07 Å². The lowest BCUT2D eigenvalue weighted by Gasteiger charge is -2.20. The van der Waals surface area contributed by atoms with E-state index in [1.54, 1.807) is 14.0 Å². The van der Waals surface area contributed by atoms with Crippen molar-refractivity contribution in [2.75, 3.05) is 13.6 Å². The van der Waals surface area contributed by atoms with Crippen molar-refractivity contribution in [2.24, 2.45) is 18.7 Å². The lowest BCUT2D eigenvalue weighted by molar-refractivity contribution is 0.438. The van der Waals surface area contributed by atoms with Crippen LogP contribution in [0.4, 0.5) is 0 Å². The molecular weight excluding hydrogens is 260 g/mol. The van der Waals surface area contributed by atoms with E-state index in [2.05, 4.69) is 5.10 Å². The van der Waals surface area contributed by atoms with Gasteiger partial charge in [0.2, 0.25) is 0 Å². The van der Waals surface area contributed by atoms with Crippen molar-refractivity contribution in [3.63, 3.8) is 0 Å².